The van der Waals surface area contributed by atoms with Crippen molar-refractivity contribution in [3.05, 3.63) is 0 Å². The molecule has 12 heteroatoms. The molecule has 0 aliphatic carbocycles. The SMILES string of the molecule is CC(C)CC(NC(=O)C(N)CC(=O)O)C(=O)NC(C(=O)NC(C(=O)O)C(C)O)C(C)C. The fourth-order valence-electron chi connectivity index (χ4n) is 2.68. The smallest absolute Gasteiger partial charge is 0.328 e. The zero-order chi connectivity index (χ0) is 24.5. The van der Waals surface area contributed by atoms with Crippen molar-refractivity contribution in [2.75, 3.05) is 0 Å². The number of carboxylic acid groups (broad SMARTS) is 2. The number of amides is 3. The Labute approximate surface area is 180 Å². The summed E-state index contributed by atoms with van der Waals surface area (Å²) in [4.78, 5) is 59.5. The minimum Gasteiger partial charge on any atom is -0.481 e. The van der Waals surface area contributed by atoms with Crippen LogP contribution >= 0.6 is 0 Å². The number of carbonyl (C=O) groups excluding carboxylic acids is 3. The molecule has 0 spiro atoms. The fourth-order valence-corrected chi connectivity index (χ4v) is 2.68. The van der Waals surface area contributed by atoms with Crippen LogP contribution in [0.3, 0.4) is 0 Å². The van der Waals surface area contributed by atoms with Gasteiger partial charge < -0.3 is 37.0 Å². The summed E-state index contributed by atoms with van der Waals surface area (Å²) >= 11 is 0. The van der Waals surface area contributed by atoms with Gasteiger partial charge in [0.2, 0.25) is 17.7 Å². The van der Waals surface area contributed by atoms with Crippen LogP contribution in [0.25, 0.3) is 0 Å². The predicted octanol–water partition coefficient (Wildman–Crippen LogP) is -1.59. The van der Waals surface area contributed by atoms with E-state index in [4.69, 9.17) is 15.9 Å². The molecule has 0 aliphatic heterocycles. The van der Waals surface area contributed by atoms with Crippen molar-refractivity contribution >= 4 is 29.7 Å². The molecule has 0 bridgehead atoms. The largest absolute Gasteiger partial charge is 0.481 e. The van der Waals surface area contributed by atoms with E-state index in [9.17, 15) is 29.1 Å². The third-order valence-corrected chi connectivity index (χ3v) is 4.36. The summed E-state index contributed by atoms with van der Waals surface area (Å²) in [5, 5.41) is 34.5. The zero-order valence-electron chi connectivity index (χ0n) is 18.4. The van der Waals surface area contributed by atoms with Crippen LogP contribution in [-0.2, 0) is 24.0 Å². The van der Waals surface area contributed by atoms with Gasteiger partial charge in [-0.2, -0.15) is 0 Å². The van der Waals surface area contributed by atoms with Crippen LogP contribution in [0.5, 0.6) is 0 Å². The van der Waals surface area contributed by atoms with Crippen LogP contribution in [0.15, 0.2) is 0 Å². The molecule has 0 aromatic rings. The summed E-state index contributed by atoms with van der Waals surface area (Å²) in [6.45, 7) is 8.06. The Hall–Kier alpha value is -2.73. The monoisotopic (exact) mass is 446 g/mol. The van der Waals surface area contributed by atoms with E-state index < -0.39 is 72.3 Å². The summed E-state index contributed by atoms with van der Waals surface area (Å²) in [6.07, 6.45) is -1.79. The van der Waals surface area contributed by atoms with Crippen LogP contribution in [0.2, 0.25) is 0 Å². The molecule has 0 radical (unpaired) electrons. The molecule has 31 heavy (non-hydrogen) atoms. The van der Waals surface area contributed by atoms with Crippen LogP contribution in [0.1, 0.15) is 47.5 Å². The number of aliphatic hydroxyl groups is 1. The second kappa shape index (κ2) is 12.8. The van der Waals surface area contributed by atoms with Crippen LogP contribution < -0.4 is 21.7 Å². The lowest BCUT2D eigenvalue weighted by atomic mass is 9.99. The quantitative estimate of drug-likeness (QED) is 0.174. The Morgan fingerprint density at radius 1 is 0.806 bits per heavy atom. The van der Waals surface area contributed by atoms with Gasteiger partial charge in [-0.05, 0) is 25.2 Å². The van der Waals surface area contributed by atoms with E-state index in [2.05, 4.69) is 16.0 Å². The molecule has 178 valence electrons. The van der Waals surface area contributed by atoms with Crippen molar-refractivity contribution in [3.63, 3.8) is 0 Å². The molecule has 12 nitrogen and oxygen atoms in total. The lowest BCUT2D eigenvalue weighted by Gasteiger charge is -2.28. The van der Waals surface area contributed by atoms with Crippen molar-refractivity contribution in [1.82, 2.24) is 16.0 Å². The molecule has 5 unspecified atom stereocenters. The van der Waals surface area contributed by atoms with Gasteiger partial charge in [0.15, 0.2) is 6.04 Å². The maximum Gasteiger partial charge on any atom is 0.328 e. The highest BCUT2D eigenvalue weighted by molar-refractivity contribution is 5.94. The number of rotatable bonds is 13. The Kier molecular flexibility index (Phi) is 11.7. The average Bonchev–Trinajstić information content (AvgIpc) is 2.61. The summed E-state index contributed by atoms with van der Waals surface area (Å²) in [5.74, 6) is -5.53. The van der Waals surface area contributed by atoms with Gasteiger partial charge in [-0.15, -0.1) is 0 Å². The summed E-state index contributed by atoms with van der Waals surface area (Å²) < 4.78 is 0. The second-order valence-electron chi connectivity index (χ2n) is 8.19. The molecular formula is C19H34N4O8. The molecule has 0 saturated heterocycles. The summed E-state index contributed by atoms with van der Waals surface area (Å²) in [5.41, 5.74) is 5.54. The Bertz CT molecular complexity index is 665. The molecule has 0 aromatic heterocycles. The zero-order valence-corrected chi connectivity index (χ0v) is 18.4. The highest BCUT2D eigenvalue weighted by Crippen LogP contribution is 2.09. The first-order valence-electron chi connectivity index (χ1n) is 9.96. The van der Waals surface area contributed by atoms with Crippen LogP contribution in [0, 0.1) is 11.8 Å². The summed E-state index contributed by atoms with van der Waals surface area (Å²) in [7, 11) is 0. The van der Waals surface area contributed by atoms with Gasteiger partial charge in [0.05, 0.1) is 18.6 Å². The van der Waals surface area contributed by atoms with E-state index in [1.807, 2.05) is 0 Å². The van der Waals surface area contributed by atoms with Gasteiger partial charge in [-0.3, -0.25) is 19.2 Å². The molecule has 0 aromatic carbocycles. The Morgan fingerprint density at radius 2 is 1.32 bits per heavy atom. The van der Waals surface area contributed by atoms with E-state index >= 15 is 0 Å². The molecule has 8 N–H and O–H groups in total. The highest BCUT2D eigenvalue weighted by atomic mass is 16.4. The maximum absolute atomic E-state index is 12.8. The van der Waals surface area contributed by atoms with Crippen molar-refractivity contribution in [2.24, 2.45) is 17.6 Å². The molecule has 5 atom stereocenters. The number of aliphatic hydroxyl groups excluding tert-OH is 1. The number of nitrogens with one attached hydrogen (secondary N) is 3. The first-order chi connectivity index (χ1) is 14.2. The molecular weight excluding hydrogens is 412 g/mol. The van der Waals surface area contributed by atoms with Crippen molar-refractivity contribution < 1.29 is 39.3 Å². The van der Waals surface area contributed by atoms with Gasteiger partial charge in [-0.1, -0.05) is 27.7 Å². The first kappa shape index (κ1) is 28.3. The van der Waals surface area contributed by atoms with Crippen molar-refractivity contribution in [3.8, 4) is 0 Å². The van der Waals surface area contributed by atoms with Crippen molar-refractivity contribution in [2.45, 2.75) is 77.7 Å². The summed E-state index contributed by atoms with van der Waals surface area (Å²) in [6, 6.07) is -5.15. The first-order valence-corrected chi connectivity index (χ1v) is 9.96. The molecule has 0 fully saturated rings. The second-order valence-corrected chi connectivity index (χ2v) is 8.19. The van der Waals surface area contributed by atoms with Gasteiger partial charge >= 0.3 is 11.9 Å². The average molecular weight is 447 g/mol. The number of aliphatic carboxylic acids is 2. The van der Waals surface area contributed by atoms with E-state index in [0.29, 0.717) is 0 Å². The number of hydrogen-bond acceptors (Lipinski definition) is 7. The molecule has 3 amide bonds. The molecule has 0 heterocycles. The number of carbonyl (C=O) groups is 5. The van der Waals surface area contributed by atoms with E-state index in [-0.39, 0.29) is 12.3 Å². The predicted molar refractivity (Wildman–Crippen MR) is 110 cm³/mol. The molecule has 0 saturated carbocycles. The fraction of sp³-hybridized carbons (Fsp3) is 0.737. The maximum atomic E-state index is 12.8. The Balaban J connectivity index is 5.43. The lowest BCUT2D eigenvalue weighted by Crippen LogP contribution is -2.59. The normalized spacial score (nSPS) is 16.0. The van der Waals surface area contributed by atoms with Crippen molar-refractivity contribution in [1.29, 1.82) is 0 Å². The van der Waals surface area contributed by atoms with Gasteiger partial charge in [0, 0.05) is 0 Å². The van der Waals surface area contributed by atoms with Crippen LogP contribution in [-0.4, -0.2) is 75.3 Å². The number of hydrogen-bond donors (Lipinski definition) is 7. The van der Waals surface area contributed by atoms with E-state index in [1.165, 1.54) is 6.92 Å². The van der Waals surface area contributed by atoms with Crippen LogP contribution in [0.4, 0.5) is 0 Å². The lowest BCUT2D eigenvalue weighted by molar-refractivity contribution is -0.145. The number of carboxylic acids is 2. The van der Waals surface area contributed by atoms with Gasteiger partial charge in [-0.25, -0.2) is 4.79 Å². The molecule has 0 rings (SSSR count). The standard InChI is InChI=1S/C19H34N4O8/c1-8(2)6-12(21-16(27)11(20)7-13(25)26)17(28)22-14(9(3)4)18(29)23-15(10(5)24)19(30)31/h8-12,14-15,24H,6-7,20H2,1-5H3,(H,21,27)(H,22,28)(H,23,29)(H,25,26)(H,30,31). The highest BCUT2D eigenvalue weighted by Gasteiger charge is 2.33. The minimum atomic E-state index is -1.56. The van der Waals surface area contributed by atoms with E-state index in [0.717, 1.165) is 0 Å². The van der Waals surface area contributed by atoms with Gasteiger partial charge in [0.25, 0.3) is 0 Å². The number of nitrogens with two attached hydrogens (primary N) is 1. The topological polar surface area (TPSA) is 208 Å². The van der Waals surface area contributed by atoms with E-state index in [1.54, 1.807) is 27.7 Å². The molecule has 0 aliphatic rings. The third-order valence-electron chi connectivity index (χ3n) is 4.36. The Morgan fingerprint density at radius 3 is 1.71 bits per heavy atom. The minimum absolute atomic E-state index is 0.0373. The van der Waals surface area contributed by atoms with Gasteiger partial charge in [0.1, 0.15) is 12.1 Å². The third kappa shape index (κ3) is 10.2.